The highest BCUT2D eigenvalue weighted by atomic mass is 35.5. The molecule has 0 saturated heterocycles. The lowest BCUT2D eigenvalue weighted by Gasteiger charge is -2.26. The van der Waals surface area contributed by atoms with Crippen molar-refractivity contribution in [3.63, 3.8) is 0 Å². The molecule has 0 bridgehead atoms. The van der Waals surface area contributed by atoms with Crippen molar-refractivity contribution in [1.29, 1.82) is 0 Å². The van der Waals surface area contributed by atoms with Gasteiger partial charge in [0.05, 0.1) is 12.7 Å². The Hall–Kier alpha value is -1.51. The summed E-state index contributed by atoms with van der Waals surface area (Å²) in [5.41, 5.74) is 1.79. The van der Waals surface area contributed by atoms with E-state index in [0.29, 0.717) is 11.4 Å². The first-order chi connectivity index (χ1) is 9.44. The van der Waals surface area contributed by atoms with Gasteiger partial charge in [-0.05, 0) is 31.5 Å². The zero-order valence-corrected chi connectivity index (χ0v) is 12.7. The molecule has 2 rings (SSSR count). The van der Waals surface area contributed by atoms with Crippen LogP contribution in [0, 0.1) is 6.92 Å². The number of aliphatic hydroxyl groups is 1. The number of hydrogen-bond donors (Lipinski definition) is 1. The third kappa shape index (κ3) is 3.14. The highest BCUT2D eigenvalue weighted by Gasteiger charge is 2.27. The molecule has 0 radical (unpaired) electrons. The van der Waals surface area contributed by atoms with Gasteiger partial charge >= 0.3 is 0 Å². The van der Waals surface area contributed by atoms with Crippen LogP contribution in [0.1, 0.15) is 23.6 Å². The minimum Gasteiger partial charge on any atom is -0.496 e. The van der Waals surface area contributed by atoms with Crippen LogP contribution in [0.25, 0.3) is 0 Å². The summed E-state index contributed by atoms with van der Waals surface area (Å²) < 4.78 is 5.37. The van der Waals surface area contributed by atoms with E-state index in [0.717, 1.165) is 22.4 Å². The van der Waals surface area contributed by atoms with Crippen LogP contribution in [0.5, 0.6) is 5.75 Å². The number of ether oxygens (including phenoxy) is 1. The molecule has 0 spiro atoms. The SMILES string of the molecule is COc1ccc(C)cc1CC(C)(O)c1ccccc1Cl. The quantitative estimate of drug-likeness (QED) is 0.918. The number of benzene rings is 2. The molecule has 0 heterocycles. The monoisotopic (exact) mass is 290 g/mol. The molecule has 1 atom stereocenters. The fourth-order valence-electron chi connectivity index (χ4n) is 2.41. The van der Waals surface area contributed by atoms with Crippen LogP contribution in [0.3, 0.4) is 0 Å². The molecule has 20 heavy (non-hydrogen) atoms. The number of methoxy groups -OCH3 is 1. The van der Waals surface area contributed by atoms with Crippen LogP contribution >= 0.6 is 11.6 Å². The fraction of sp³-hybridized carbons (Fsp3) is 0.294. The topological polar surface area (TPSA) is 29.5 Å². The van der Waals surface area contributed by atoms with Crippen molar-refractivity contribution in [2.75, 3.05) is 7.11 Å². The summed E-state index contributed by atoms with van der Waals surface area (Å²) in [7, 11) is 1.64. The van der Waals surface area contributed by atoms with Crippen molar-refractivity contribution >= 4 is 11.6 Å². The summed E-state index contributed by atoms with van der Waals surface area (Å²) >= 11 is 6.19. The Balaban J connectivity index is 2.38. The lowest BCUT2D eigenvalue weighted by molar-refractivity contribution is 0.0571. The van der Waals surface area contributed by atoms with E-state index in [1.54, 1.807) is 20.1 Å². The molecule has 1 unspecified atom stereocenters. The molecule has 0 aliphatic carbocycles. The molecule has 0 aromatic heterocycles. The van der Waals surface area contributed by atoms with Crippen molar-refractivity contribution in [2.24, 2.45) is 0 Å². The van der Waals surface area contributed by atoms with Crippen LogP contribution in [0.2, 0.25) is 5.02 Å². The van der Waals surface area contributed by atoms with Gasteiger partial charge in [0.15, 0.2) is 0 Å². The second kappa shape index (κ2) is 5.86. The third-order valence-corrected chi connectivity index (χ3v) is 3.75. The maximum absolute atomic E-state index is 10.8. The van der Waals surface area contributed by atoms with Crippen LogP contribution < -0.4 is 4.74 Å². The van der Waals surface area contributed by atoms with Gasteiger partial charge in [0.25, 0.3) is 0 Å². The van der Waals surface area contributed by atoms with E-state index in [-0.39, 0.29) is 0 Å². The van der Waals surface area contributed by atoms with Crippen LogP contribution in [-0.4, -0.2) is 12.2 Å². The van der Waals surface area contributed by atoms with E-state index < -0.39 is 5.60 Å². The first kappa shape index (κ1) is 14.9. The predicted molar refractivity (Wildman–Crippen MR) is 82.5 cm³/mol. The molecule has 106 valence electrons. The maximum Gasteiger partial charge on any atom is 0.122 e. The highest BCUT2D eigenvalue weighted by molar-refractivity contribution is 6.31. The molecule has 0 aliphatic rings. The molecule has 2 aromatic rings. The third-order valence-electron chi connectivity index (χ3n) is 3.42. The van der Waals surface area contributed by atoms with Crippen LogP contribution in [-0.2, 0) is 12.0 Å². The molecule has 0 amide bonds. The van der Waals surface area contributed by atoms with Crippen molar-refractivity contribution in [3.8, 4) is 5.75 Å². The van der Waals surface area contributed by atoms with Crippen LogP contribution in [0.15, 0.2) is 42.5 Å². The summed E-state index contributed by atoms with van der Waals surface area (Å²) in [5, 5.41) is 11.4. The Morgan fingerprint density at radius 3 is 2.55 bits per heavy atom. The predicted octanol–water partition coefficient (Wildman–Crippen LogP) is 4.11. The smallest absolute Gasteiger partial charge is 0.122 e. The van der Waals surface area contributed by atoms with Gasteiger partial charge in [-0.2, -0.15) is 0 Å². The van der Waals surface area contributed by atoms with E-state index in [4.69, 9.17) is 16.3 Å². The van der Waals surface area contributed by atoms with E-state index in [1.807, 2.05) is 43.3 Å². The summed E-state index contributed by atoms with van der Waals surface area (Å²) in [6, 6.07) is 13.3. The minimum atomic E-state index is -1.04. The Bertz CT molecular complexity index is 606. The summed E-state index contributed by atoms with van der Waals surface area (Å²) in [5.74, 6) is 0.780. The van der Waals surface area contributed by atoms with E-state index in [9.17, 15) is 5.11 Å². The van der Waals surface area contributed by atoms with Gasteiger partial charge in [0.1, 0.15) is 5.75 Å². The van der Waals surface area contributed by atoms with Gasteiger partial charge in [-0.3, -0.25) is 0 Å². The van der Waals surface area contributed by atoms with Crippen molar-refractivity contribution in [1.82, 2.24) is 0 Å². The number of hydrogen-bond acceptors (Lipinski definition) is 2. The fourth-order valence-corrected chi connectivity index (χ4v) is 2.75. The first-order valence-corrected chi connectivity index (χ1v) is 6.93. The molecule has 0 aliphatic heterocycles. The highest BCUT2D eigenvalue weighted by Crippen LogP contribution is 2.33. The molecular formula is C17H19ClO2. The Kier molecular flexibility index (Phi) is 4.36. The summed E-state index contributed by atoms with van der Waals surface area (Å²) in [4.78, 5) is 0. The second-order valence-corrected chi connectivity index (χ2v) is 5.65. The molecule has 2 aromatic carbocycles. The normalized spacial score (nSPS) is 13.8. The Morgan fingerprint density at radius 1 is 1.20 bits per heavy atom. The second-order valence-electron chi connectivity index (χ2n) is 5.25. The molecule has 2 nitrogen and oxygen atoms in total. The standard InChI is InChI=1S/C17H19ClO2/c1-12-8-9-16(20-3)13(10-12)11-17(2,19)14-6-4-5-7-15(14)18/h4-10,19H,11H2,1-3H3. The number of aryl methyl sites for hydroxylation is 1. The van der Waals surface area contributed by atoms with Crippen molar-refractivity contribution < 1.29 is 9.84 Å². The van der Waals surface area contributed by atoms with Gasteiger partial charge in [-0.25, -0.2) is 0 Å². The molecule has 3 heteroatoms. The summed E-state index contributed by atoms with van der Waals surface area (Å²) in [6.07, 6.45) is 0.446. The lowest BCUT2D eigenvalue weighted by Crippen LogP contribution is -2.25. The van der Waals surface area contributed by atoms with E-state index in [2.05, 4.69) is 0 Å². The van der Waals surface area contributed by atoms with Crippen LogP contribution in [0.4, 0.5) is 0 Å². The summed E-state index contributed by atoms with van der Waals surface area (Å²) in [6.45, 7) is 3.79. The van der Waals surface area contributed by atoms with Gasteiger partial charge < -0.3 is 9.84 Å². The van der Waals surface area contributed by atoms with E-state index >= 15 is 0 Å². The van der Waals surface area contributed by atoms with E-state index in [1.165, 1.54) is 0 Å². The molecule has 1 N–H and O–H groups in total. The molecule has 0 saturated carbocycles. The van der Waals surface area contributed by atoms with Crippen molar-refractivity contribution in [2.45, 2.75) is 25.9 Å². The van der Waals surface area contributed by atoms with Gasteiger partial charge in [0, 0.05) is 17.0 Å². The minimum absolute atomic E-state index is 0.446. The molecule has 0 fully saturated rings. The average molecular weight is 291 g/mol. The maximum atomic E-state index is 10.8. The van der Waals surface area contributed by atoms with Gasteiger partial charge in [-0.15, -0.1) is 0 Å². The number of halogens is 1. The van der Waals surface area contributed by atoms with Gasteiger partial charge in [-0.1, -0.05) is 47.5 Å². The average Bonchev–Trinajstić information content (AvgIpc) is 2.39. The number of rotatable bonds is 4. The lowest BCUT2D eigenvalue weighted by atomic mass is 9.88. The Labute approximate surface area is 125 Å². The largest absolute Gasteiger partial charge is 0.496 e. The van der Waals surface area contributed by atoms with Crippen molar-refractivity contribution in [3.05, 3.63) is 64.2 Å². The zero-order chi connectivity index (χ0) is 14.8. The Morgan fingerprint density at radius 2 is 1.90 bits per heavy atom. The van der Waals surface area contributed by atoms with Gasteiger partial charge in [0.2, 0.25) is 0 Å². The first-order valence-electron chi connectivity index (χ1n) is 6.55. The molecular weight excluding hydrogens is 272 g/mol. The zero-order valence-electron chi connectivity index (χ0n) is 12.0.